The van der Waals surface area contributed by atoms with Crippen molar-refractivity contribution in [2.24, 2.45) is 0 Å². The molecule has 0 radical (unpaired) electrons. The van der Waals surface area contributed by atoms with E-state index in [1.54, 1.807) is 0 Å². The Morgan fingerprint density at radius 2 is 0.900 bits per heavy atom. The summed E-state index contributed by atoms with van der Waals surface area (Å²) >= 11 is 0. The summed E-state index contributed by atoms with van der Waals surface area (Å²) in [7, 11) is 0. The molecule has 0 rings (SSSR count). The molecule has 4 N–H and O–H groups in total. The van der Waals surface area contributed by atoms with Gasteiger partial charge in [0.05, 0.1) is 0 Å². The highest BCUT2D eigenvalue weighted by Gasteiger charge is 1.88. The van der Waals surface area contributed by atoms with Gasteiger partial charge in [0, 0.05) is 13.1 Å². The first-order valence-electron chi connectivity index (χ1n) is 8.39. The number of nitrogens with one attached hydrogen (secondary N) is 4. The fraction of sp³-hybridized carbons (Fsp3) is 0.875. The average Bonchev–Trinajstić information content (AvgIpc) is 2.47. The summed E-state index contributed by atoms with van der Waals surface area (Å²) in [6.45, 7) is 13.0. The summed E-state index contributed by atoms with van der Waals surface area (Å²) < 4.78 is 0. The Morgan fingerprint density at radius 3 is 1.25 bits per heavy atom. The topological polar surface area (TPSA) is 48.1 Å². The molecule has 4 nitrogen and oxygen atoms in total. The molecule has 0 amide bonds. The lowest BCUT2D eigenvalue weighted by atomic mass is 10.3. The minimum atomic E-state index is 0.989. The second kappa shape index (κ2) is 18.6. The minimum Gasteiger partial charge on any atom is -0.317 e. The number of rotatable bonds is 16. The van der Waals surface area contributed by atoms with Gasteiger partial charge < -0.3 is 21.3 Å². The Labute approximate surface area is 126 Å². The summed E-state index contributed by atoms with van der Waals surface area (Å²) in [6.07, 6.45) is 9.47. The molecule has 0 atom stereocenters. The van der Waals surface area contributed by atoms with Gasteiger partial charge in [-0.1, -0.05) is 26.0 Å². The Bertz CT molecular complexity index is 175. The van der Waals surface area contributed by atoms with Crippen LogP contribution >= 0.6 is 0 Å². The Hall–Kier alpha value is -0.420. The van der Waals surface area contributed by atoms with Gasteiger partial charge in [-0.15, -0.1) is 0 Å². The lowest BCUT2D eigenvalue weighted by Crippen LogP contribution is -2.20. The molecule has 20 heavy (non-hydrogen) atoms. The van der Waals surface area contributed by atoms with Crippen LogP contribution in [0, 0.1) is 0 Å². The van der Waals surface area contributed by atoms with Crippen LogP contribution in [0.25, 0.3) is 0 Å². The average molecular weight is 284 g/mol. The van der Waals surface area contributed by atoms with Crippen LogP contribution in [0.3, 0.4) is 0 Å². The lowest BCUT2D eigenvalue weighted by Gasteiger charge is -2.03. The van der Waals surface area contributed by atoms with Gasteiger partial charge in [-0.3, -0.25) is 0 Å². The largest absolute Gasteiger partial charge is 0.317 e. The summed E-state index contributed by atoms with van der Waals surface area (Å²) in [5.41, 5.74) is 0. The standard InChI is InChI=1S/C16H36N4/c1-3-17-11-5-7-13-19-15-9-10-16-20-14-8-6-12-18-4-2/h9-10,17-20H,3-8,11-16H2,1-2H3/b10-9+. The van der Waals surface area contributed by atoms with E-state index in [0.29, 0.717) is 0 Å². The molecule has 0 aromatic heterocycles. The smallest absolute Gasteiger partial charge is 0.0135 e. The third kappa shape index (κ3) is 17.6. The van der Waals surface area contributed by atoms with Crippen molar-refractivity contribution in [3.8, 4) is 0 Å². The third-order valence-electron chi connectivity index (χ3n) is 3.11. The number of hydrogen-bond donors (Lipinski definition) is 4. The SMILES string of the molecule is CCNCCCCNC/C=C/CNCCCCNCC. The molecule has 0 fully saturated rings. The zero-order valence-corrected chi connectivity index (χ0v) is 13.6. The van der Waals surface area contributed by atoms with Crippen LogP contribution in [0.4, 0.5) is 0 Å². The summed E-state index contributed by atoms with van der Waals surface area (Å²) in [6, 6.07) is 0. The molecule has 0 aliphatic carbocycles. The summed E-state index contributed by atoms with van der Waals surface area (Å²) in [5.74, 6) is 0. The van der Waals surface area contributed by atoms with Gasteiger partial charge in [0.2, 0.25) is 0 Å². The second-order valence-corrected chi connectivity index (χ2v) is 5.00. The highest BCUT2D eigenvalue weighted by atomic mass is 14.9. The quantitative estimate of drug-likeness (QED) is 0.256. The molecule has 4 heteroatoms. The van der Waals surface area contributed by atoms with Crippen LogP contribution < -0.4 is 21.3 Å². The van der Waals surface area contributed by atoms with Crippen LogP contribution in [0.1, 0.15) is 39.5 Å². The van der Waals surface area contributed by atoms with Crippen molar-refractivity contribution in [3.63, 3.8) is 0 Å². The van der Waals surface area contributed by atoms with Gasteiger partial charge in [-0.05, 0) is 65.0 Å². The first-order valence-corrected chi connectivity index (χ1v) is 8.39. The number of hydrogen-bond acceptors (Lipinski definition) is 4. The van der Waals surface area contributed by atoms with Gasteiger partial charge in [0.15, 0.2) is 0 Å². The molecule has 120 valence electrons. The van der Waals surface area contributed by atoms with Crippen molar-refractivity contribution >= 4 is 0 Å². The fourth-order valence-corrected chi connectivity index (χ4v) is 1.89. The molecule has 0 unspecified atom stereocenters. The van der Waals surface area contributed by atoms with E-state index in [4.69, 9.17) is 0 Å². The van der Waals surface area contributed by atoms with Gasteiger partial charge in [-0.25, -0.2) is 0 Å². The van der Waals surface area contributed by atoms with E-state index >= 15 is 0 Å². The zero-order chi connectivity index (χ0) is 14.7. The first-order chi connectivity index (χ1) is 9.91. The van der Waals surface area contributed by atoms with Gasteiger partial charge in [-0.2, -0.15) is 0 Å². The van der Waals surface area contributed by atoms with Crippen LogP contribution in [0.5, 0.6) is 0 Å². The molecule has 0 heterocycles. The van der Waals surface area contributed by atoms with Crippen LogP contribution in [0.2, 0.25) is 0 Å². The molecular weight excluding hydrogens is 248 g/mol. The fourth-order valence-electron chi connectivity index (χ4n) is 1.89. The molecule has 0 aliphatic heterocycles. The van der Waals surface area contributed by atoms with Crippen LogP contribution in [-0.2, 0) is 0 Å². The molecular formula is C16H36N4. The maximum absolute atomic E-state index is 3.44. The van der Waals surface area contributed by atoms with Gasteiger partial charge in [0.25, 0.3) is 0 Å². The highest BCUT2D eigenvalue weighted by molar-refractivity contribution is 4.85. The lowest BCUT2D eigenvalue weighted by molar-refractivity contribution is 0.605. The van der Waals surface area contributed by atoms with Crippen molar-refractivity contribution < 1.29 is 0 Å². The highest BCUT2D eigenvalue weighted by Crippen LogP contribution is 1.85. The van der Waals surface area contributed by atoms with Crippen molar-refractivity contribution in [3.05, 3.63) is 12.2 Å². The van der Waals surface area contributed by atoms with Crippen molar-refractivity contribution in [1.82, 2.24) is 21.3 Å². The van der Waals surface area contributed by atoms with Crippen molar-refractivity contribution in [2.75, 3.05) is 52.4 Å². The molecule has 0 aromatic carbocycles. The molecule has 0 saturated carbocycles. The van der Waals surface area contributed by atoms with Crippen LogP contribution in [-0.4, -0.2) is 52.4 Å². The first kappa shape index (κ1) is 19.6. The molecule has 0 spiro atoms. The van der Waals surface area contributed by atoms with Crippen LogP contribution in [0.15, 0.2) is 12.2 Å². The normalized spacial score (nSPS) is 11.5. The molecule has 0 bridgehead atoms. The van der Waals surface area contributed by atoms with E-state index in [0.717, 1.165) is 52.4 Å². The predicted octanol–water partition coefficient (Wildman–Crippen LogP) is 1.50. The van der Waals surface area contributed by atoms with Crippen molar-refractivity contribution in [1.29, 1.82) is 0 Å². The Kier molecular flexibility index (Phi) is 18.2. The van der Waals surface area contributed by atoms with Gasteiger partial charge in [0.1, 0.15) is 0 Å². The maximum atomic E-state index is 3.44. The van der Waals surface area contributed by atoms with E-state index in [9.17, 15) is 0 Å². The van der Waals surface area contributed by atoms with E-state index in [1.807, 2.05) is 0 Å². The van der Waals surface area contributed by atoms with E-state index in [1.165, 1.54) is 25.7 Å². The predicted molar refractivity (Wildman–Crippen MR) is 90.4 cm³/mol. The zero-order valence-electron chi connectivity index (χ0n) is 13.6. The molecule has 0 aromatic rings. The summed E-state index contributed by atoms with van der Waals surface area (Å²) in [4.78, 5) is 0. The van der Waals surface area contributed by atoms with E-state index in [2.05, 4.69) is 47.3 Å². The second-order valence-electron chi connectivity index (χ2n) is 5.00. The number of unbranched alkanes of at least 4 members (excludes halogenated alkanes) is 2. The summed E-state index contributed by atoms with van der Waals surface area (Å²) in [5, 5.41) is 13.6. The van der Waals surface area contributed by atoms with Gasteiger partial charge >= 0.3 is 0 Å². The Morgan fingerprint density at radius 1 is 0.550 bits per heavy atom. The van der Waals surface area contributed by atoms with E-state index in [-0.39, 0.29) is 0 Å². The molecule has 0 saturated heterocycles. The third-order valence-corrected chi connectivity index (χ3v) is 3.11. The van der Waals surface area contributed by atoms with Crippen molar-refractivity contribution in [2.45, 2.75) is 39.5 Å². The maximum Gasteiger partial charge on any atom is 0.0135 e. The monoisotopic (exact) mass is 284 g/mol. The molecule has 0 aliphatic rings. The Balaban J connectivity index is 3.01. The van der Waals surface area contributed by atoms with E-state index < -0.39 is 0 Å². The minimum absolute atomic E-state index is 0.989.